The zero-order valence-corrected chi connectivity index (χ0v) is 4.24. The van der Waals surface area contributed by atoms with E-state index in [0.29, 0.717) is 5.88 Å². The van der Waals surface area contributed by atoms with E-state index in [0.717, 1.165) is 0 Å². The molecule has 0 aromatic heterocycles. The fourth-order valence-corrected chi connectivity index (χ4v) is 0.353. The summed E-state index contributed by atoms with van der Waals surface area (Å²) in [5, 5.41) is 0. The number of hydrogen-bond acceptors (Lipinski definition) is 3. The van der Waals surface area contributed by atoms with Crippen LogP contribution in [-0.4, -0.2) is 6.40 Å². The van der Waals surface area contributed by atoms with Gasteiger partial charge in [0.25, 0.3) is 0 Å². The lowest BCUT2D eigenvalue weighted by Crippen LogP contribution is -1.98. The van der Waals surface area contributed by atoms with Gasteiger partial charge in [0.15, 0.2) is 12.3 Å². The van der Waals surface area contributed by atoms with Crippen molar-refractivity contribution in [1.82, 2.24) is 0 Å². The maximum Gasteiger partial charge on any atom is 0.192 e. The third-order valence-electron chi connectivity index (χ3n) is 0.682. The van der Waals surface area contributed by atoms with Crippen molar-refractivity contribution in [2.24, 2.45) is 10.7 Å². The minimum absolute atomic E-state index is 0.363. The molecule has 1 heterocycles. The Morgan fingerprint density at radius 2 is 2.50 bits per heavy atom. The highest BCUT2D eigenvalue weighted by Gasteiger charge is 1.84. The first-order chi connectivity index (χ1) is 3.89. The molecule has 8 heavy (non-hydrogen) atoms. The van der Waals surface area contributed by atoms with Crippen LogP contribution in [0.4, 0.5) is 0 Å². The summed E-state index contributed by atoms with van der Waals surface area (Å²) < 4.78 is 4.69. The lowest BCUT2D eigenvalue weighted by molar-refractivity contribution is 0.429. The highest BCUT2D eigenvalue weighted by molar-refractivity contribution is 5.50. The summed E-state index contributed by atoms with van der Waals surface area (Å²) in [6, 6.07) is 0. The monoisotopic (exact) mass is 110 g/mol. The smallest absolute Gasteiger partial charge is 0.192 e. The number of rotatable bonds is 0. The number of allylic oxidation sites excluding steroid dienone is 2. The Morgan fingerprint density at radius 1 is 1.62 bits per heavy atom. The molecule has 0 aromatic carbocycles. The molecule has 0 bridgehead atoms. The van der Waals surface area contributed by atoms with Crippen LogP contribution in [0.2, 0.25) is 0 Å². The Morgan fingerprint density at radius 3 is 3.38 bits per heavy atom. The number of nitrogens with two attached hydrogens (primary N) is 1. The minimum atomic E-state index is 0.363. The van der Waals surface area contributed by atoms with E-state index in [2.05, 4.69) is 9.73 Å². The largest absolute Gasteiger partial charge is 0.430 e. The van der Waals surface area contributed by atoms with Crippen molar-refractivity contribution in [1.29, 1.82) is 0 Å². The zero-order valence-electron chi connectivity index (χ0n) is 4.24. The molecular formula is C5H6N2O. The highest BCUT2D eigenvalue weighted by Crippen LogP contribution is 1.90. The van der Waals surface area contributed by atoms with E-state index < -0.39 is 0 Å². The van der Waals surface area contributed by atoms with E-state index >= 15 is 0 Å². The normalized spacial score (nSPS) is 16.8. The highest BCUT2D eigenvalue weighted by atomic mass is 16.5. The molecule has 0 unspecified atom stereocenters. The van der Waals surface area contributed by atoms with E-state index in [4.69, 9.17) is 5.73 Å². The Kier molecular flexibility index (Phi) is 1.32. The average molecular weight is 110 g/mol. The Bertz CT molecular complexity index is 158. The first-order valence-corrected chi connectivity index (χ1v) is 2.20. The first-order valence-electron chi connectivity index (χ1n) is 2.20. The molecule has 3 heteroatoms. The lowest BCUT2D eigenvalue weighted by atomic mass is 10.5. The number of hydrogen-bond donors (Lipinski definition) is 1. The summed E-state index contributed by atoms with van der Waals surface area (Å²) in [5.74, 6) is 0.363. The molecule has 0 aliphatic carbocycles. The van der Waals surface area contributed by atoms with Crippen molar-refractivity contribution in [2.75, 3.05) is 0 Å². The van der Waals surface area contributed by atoms with Gasteiger partial charge < -0.3 is 10.5 Å². The molecule has 0 spiro atoms. The number of aliphatic imine (C=N–C) groups is 1. The van der Waals surface area contributed by atoms with Gasteiger partial charge in [0.2, 0.25) is 0 Å². The third kappa shape index (κ3) is 1.11. The summed E-state index contributed by atoms with van der Waals surface area (Å²) in [5.41, 5.74) is 5.23. The Labute approximate surface area is 47.2 Å². The fourth-order valence-electron chi connectivity index (χ4n) is 0.353. The second-order valence-electron chi connectivity index (χ2n) is 1.28. The molecule has 2 N–H and O–H groups in total. The van der Waals surface area contributed by atoms with Crippen LogP contribution >= 0.6 is 0 Å². The maximum atomic E-state index is 5.23. The topological polar surface area (TPSA) is 47.6 Å². The van der Waals surface area contributed by atoms with Gasteiger partial charge in [-0.2, -0.15) is 0 Å². The molecule has 0 atom stereocenters. The molecular weight excluding hydrogens is 104 g/mol. The SMILES string of the molecule is NC1=CC=CN=CO1. The molecule has 0 amide bonds. The minimum Gasteiger partial charge on any atom is -0.430 e. The van der Waals surface area contributed by atoms with Crippen molar-refractivity contribution in [3.8, 4) is 0 Å². The average Bonchev–Trinajstić information content (AvgIpc) is 1.94. The van der Waals surface area contributed by atoms with Crippen molar-refractivity contribution < 1.29 is 4.74 Å². The third-order valence-corrected chi connectivity index (χ3v) is 0.682. The molecule has 0 fully saturated rings. The predicted octanol–water partition coefficient (Wildman–Crippen LogP) is 0.359. The standard InChI is InChI=1S/C5H6N2O/c6-5-2-1-3-7-4-8-5/h1-4H,6H2. The van der Waals surface area contributed by atoms with E-state index in [1.807, 2.05) is 0 Å². The van der Waals surface area contributed by atoms with Crippen LogP contribution in [0.1, 0.15) is 0 Å². The summed E-state index contributed by atoms with van der Waals surface area (Å²) >= 11 is 0. The number of nitrogens with zero attached hydrogens (tertiary/aromatic N) is 1. The summed E-state index contributed by atoms with van der Waals surface area (Å²) in [6.07, 6.45) is 6.22. The molecule has 0 saturated carbocycles. The maximum absolute atomic E-state index is 5.23. The predicted molar refractivity (Wildman–Crippen MR) is 31.0 cm³/mol. The molecule has 1 aliphatic rings. The van der Waals surface area contributed by atoms with Gasteiger partial charge in [0.05, 0.1) is 0 Å². The van der Waals surface area contributed by atoms with Crippen molar-refractivity contribution in [3.05, 3.63) is 24.2 Å². The lowest BCUT2D eigenvalue weighted by Gasteiger charge is -1.91. The van der Waals surface area contributed by atoms with Crippen LogP contribution in [-0.2, 0) is 4.74 Å². The summed E-state index contributed by atoms with van der Waals surface area (Å²) in [7, 11) is 0. The van der Waals surface area contributed by atoms with Crippen molar-refractivity contribution in [3.63, 3.8) is 0 Å². The van der Waals surface area contributed by atoms with Crippen LogP contribution in [0, 0.1) is 0 Å². The van der Waals surface area contributed by atoms with Gasteiger partial charge in [-0.3, -0.25) is 0 Å². The molecule has 0 aromatic rings. The zero-order chi connectivity index (χ0) is 5.82. The van der Waals surface area contributed by atoms with Gasteiger partial charge in [-0.25, -0.2) is 4.99 Å². The second kappa shape index (κ2) is 2.16. The molecule has 1 rings (SSSR count). The van der Waals surface area contributed by atoms with E-state index in [9.17, 15) is 0 Å². The Hall–Kier alpha value is -1.25. The van der Waals surface area contributed by atoms with Gasteiger partial charge in [0.1, 0.15) is 0 Å². The molecule has 3 nitrogen and oxygen atoms in total. The molecule has 1 aliphatic heterocycles. The van der Waals surface area contributed by atoms with Crippen LogP contribution in [0.15, 0.2) is 29.2 Å². The fraction of sp³-hybridized carbons (Fsp3) is 0. The second-order valence-corrected chi connectivity index (χ2v) is 1.28. The van der Waals surface area contributed by atoms with Crippen LogP contribution in [0.3, 0.4) is 0 Å². The van der Waals surface area contributed by atoms with Crippen molar-refractivity contribution >= 4 is 6.40 Å². The van der Waals surface area contributed by atoms with Crippen LogP contribution in [0.5, 0.6) is 0 Å². The van der Waals surface area contributed by atoms with Gasteiger partial charge >= 0.3 is 0 Å². The van der Waals surface area contributed by atoms with E-state index in [1.54, 1.807) is 18.4 Å². The van der Waals surface area contributed by atoms with Crippen molar-refractivity contribution in [2.45, 2.75) is 0 Å². The van der Waals surface area contributed by atoms with E-state index in [1.165, 1.54) is 6.40 Å². The van der Waals surface area contributed by atoms with Crippen LogP contribution < -0.4 is 5.73 Å². The molecule has 0 saturated heterocycles. The van der Waals surface area contributed by atoms with Gasteiger partial charge in [-0.1, -0.05) is 0 Å². The van der Waals surface area contributed by atoms with Gasteiger partial charge in [-0.15, -0.1) is 0 Å². The summed E-state index contributed by atoms with van der Waals surface area (Å²) in [4.78, 5) is 3.66. The Balaban J connectivity index is 2.69. The first kappa shape index (κ1) is 4.90. The molecule has 42 valence electrons. The summed E-state index contributed by atoms with van der Waals surface area (Å²) in [6.45, 7) is 0. The van der Waals surface area contributed by atoms with Crippen LogP contribution in [0.25, 0.3) is 0 Å². The number of ether oxygens (including phenoxy) is 1. The van der Waals surface area contributed by atoms with E-state index in [-0.39, 0.29) is 0 Å². The molecule has 0 radical (unpaired) electrons. The quantitative estimate of drug-likeness (QED) is 0.489. The van der Waals surface area contributed by atoms with Gasteiger partial charge in [0, 0.05) is 6.20 Å². The van der Waals surface area contributed by atoms with Gasteiger partial charge in [-0.05, 0) is 12.2 Å².